The van der Waals surface area contributed by atoms with Crippen molar-refractivity contribution in [1.82, 2.24) is 15.0 Å². The Morgan fingerprint density at radius 1 is 1.04 bits per heavy atom. The van der Waals surface area contributed by atoms with E-state index < -0.39 is 0 Å². The maximum Gasteiger partial charge on any atom is 0.141 e. The summed E-state index contributed by atoms with van der Waals surface area (Å²) in [6.45, 7) is 0.346. The maximum absolute atomic E-state index is 6.38. The first-order valence-electron chi connectivity index (χ1n) is 8.53. The molecule has 0 bridgehead atoms. The maximum atomic E-state index is 6.38. The molecule has 2 aromatic carbocycles. The zero-order valence-corrected chi connectivity index (χ0v) is 15.5. The number of fused-ring (bicyclic) bond motifs is 1. The van der Waals surface area contributed by atoms with Crippen LogP contribution >= 0.6 is 11.6 Å². The summed E-state index contributed by atoms with van der Waals surface area (Å²) in [4.78, 5) is 12.8. The summed E-state index contributed by atoms with van der Waals surface area (Å²) in [5.41, 5.74) is 3.18. The summed E-state index contributed by atoms with van der Waals surface area (Å²) in [5.74, 6) is 3.86. The van der Waals surface area contributed by atoms with Gasteiger partial charge in [-0.15, -0.1) is 6.42 Å². The minimum absolute atomic E-state index is 0.346. The van der Waals surface area contributed by atoms with Crippen LogP contribution in [0.25, 0.3) is 10.9 Å². The van der Waals surface area contributed by atoms with Gasteiger partial charge < -0.3 is 10.1 Å². The molecule has 0 saturated carbocycles. The molecule has 1 N–H and O–H groups in total. The van der Waals surface area contributed by atoms with Gasteiger partial charge in [-0.1, -0.05) is 23.6 Å². The van der Waals surface area contributed by atoms with E-state index in [4.69, 9.17) is 22.8 Å². The number of nitrogens with zero attached hydrogens (tertiary/aromatic N) is 3. The predicted octanol–water partition coefficient (Wildman–Crippen LogP) is 4.98. The van der Waals surface area contributed by atoms with Crippen LogP contribution in [0.4, 0.5) is 11.5 Å². The Hall–Kier alpha value is -3.62. The molecule has 0 atom stereocenters. The molecule has 28 heavy (non-hydrogen) atoms. The molecule has 0 amide bonds. The Kier molecular flexibility index (Phi) is 5.05. The Labute approximate surface area is 167 Å². The third kappa shape index (κ3) is 3.88. The van der Waals surface area contributed by atoms with Gasteiger partial charge in [-0.3, -0.25) is 4.98 Å². The van der Waals surface area contributed by atoms with Gasteiger partial charge in [0.15, 0.2) is 0 Å². The number of rotatable bonds is 5. The van der Waals surface area contributed by atoms with Crippen molar-refractivity contribution < 1.29 is 4.74 Å². The molecule has 0 saturated heterocycles. The minimum atomic E-state index is 0.346. The van der Waals surface area contributed by atoms with Gasteiger partial charge >= 0.3 is 0 Å². The summed E-state index contributed by atoms with van der Waals surface area (Å²) < 4.78 is 5.76. The van der Waals surface area contributed by atoms with Crippen molar-refractivity contribution in [3.05, 3.63) is 83.4 Å². The topological polar surface area (TPSA) is 59.9 Å². The van der Waals surface area contributed by atoms with Crippen molar-refractivity contribution >= 4 is 34.0 Å². The number of hydrogen-bond donors (Lipinski definition) is 1. The molecule has 2 aromatic heterocycles. The van der Waals surface area contributed by atoms with Crippen LogP contribution in [-0.2, 0) is 6.61 Å². The highest BCUT2D eigenvalue weighted by molar-refractivity contribution is 6.32. The van der Waals surface area contributed by atoms with Crippen molar-refractivity contribution in [1.29, 1.82) is 0 Å². The molecule has 4 aromatic rings. The van der Waals surface area contributed by atoms with E-state index in [0.717, 1.165) is 27.8 Å². The van der Waals surface area contributed by atoms with E-state index in [9.17, 15) is 0 Å². The molecular weight excluding hydrogens is 372 g/mol. The van der Waals surface area contributed by atoms with Crippen LogP contribution in [-0.4, -0.2) is 15.0 Å². The third-order valence-corrected chi connectivity index (χ3v) is 4.39. The van der Waals surface area contributed by atoms with Crippen LogP contribution in [0.2, 0.25) is 5.02 Å². The molecule has 4 rings (SSSR count). The second-order valence-electron chi connectivity index (χ2n) is 5.98. The highest BCUT2D eigenvalue weighted by atomic mass is 35.5. The van der Waals surface area contributed by atoms with E-state index in [0.29, 0.717) is 23.2 Å². The Morgan fingerprint density at radius 3 is 2.75 bits per heavy atom. The lowest BCUT2D eigenvalue weighted by atomic mass is 10.1. The summed E-state index contributed by atoms with van der Waals surface area (Å²) in [5, 5.41) is 4.60. The number of ether oxygens (including phenoxy) is 1. The summed E-state index contributed by atoms with van der Waals surface area (Å²) >= 11 is 6.38. The first-order chi connectivity index (χ1) is 13.7. The fourth-order valence-corrected chi connectivity index (χ4v) is 2.95. The number of hydrogen-bond acceptors (Lipinski definition) is 5. The smallest absolute Gasteiger partial charge is 0.141 e. The number of benzene rings is 2. The van der Waals surface area contributed by atoms with Crippen LogP contribution in [0.1, 0.15) is 11.3 Å². The average molecular weight is 387 g/mol. The summed E-state index contributed by atoms with van der Waals surface area (Å²) in [6, 6.07) is 16.7. The zero-order valence-electron chi connectivity index (χ0n) is 14.8. The number of aromatic nitrogens is 3. The van der Waals surface area contributed by atoms with Gasteiger partial charge in [-0.25, -0.2) is 9.97 Å². The lowest BCUT2D eigenvalue weighted by molar-refractivity contribution is 0.301. The fourth-order valence-electron chi connectivity index (χ4n) is 2.71. The van der Waals surface area contributed by atoms with E-state index in [2.05, 4.69) is 26.2 Å². The molecule has 0 unspecified atom stereocenters. The van der Waals surface area contributed by atoms with Gasteiger partial charge in [-0.2, -0.15) is 0 Å². The number of anilines is 2. The first kappa shape index (κ1) is 17.8. The van der Waals surface area contributed by atoms with Gasteiger partial charge in [0, 0.05) is 22.8 Å². The molecule has 5 nitrogen and oxygen atoms in total. The lowest BCUT2D eigenvalue weighted by Gasteiger charge is -2.12. The van der Waals surface area contributed by atoms with Crippen LogP contribution in [0.5, 0.6) is 5.75 Å². The second-order valence-corrected chi connectivity index (χ2v) is 6.39. The highest BCUT2D eigenvalue weighted by Gasteiger charge is 2.08. The van der Waals surface area contributed by atoms with Crippen LogP contribution in [0.3, 0.4) is 0 Å². The van der Waals surface area contributed by atoms with Gasteiger partial charge in [0.1, 0.15) is 24.5 Å². The summed E-state index contributed by atoms with van der Waals surface area (Å²) in [6.07, 6.45) is 8.74. The fraction of sp³-hybridized carbons (Fsp3) is 0.0455. The molecule has 6 heteroatoms. The summed E-state index contributed by atoms with van der Waals surface area (Å²) in [7, 11) is 0. The van der Waals surface area contributed by atoms with E-state index in [1.165, 1.54) is 6.33 Å². The van der Waals surface area contributed by atoms with Crippen LogP contribution < -0.4 is 10.1 Å². The zero-order chi connectivity index (χ0) is 19.3. The normalized spacial score (nSPS) is 10.4. The third-order valence-electron chi connectivity index (χ3n) is 4.10. The number of pyridine rings is 1. The monoisotopic (exact) mass is 386 g/mol. The Balaban J connectivity index is 1.55. The Morgan fingerprint density at radius 2 is 1.96 bits per heavy atom. The van der Waals surface area contributed by atoms with Crippen molar-refractivity contribution in [2.24, 2.45) is 0 Å². The van der Waals surface area contributed by atoms with Gasteiger partial charge in [0.25, 0.3) is 0 Å². The van der Waals surface area contributed by atoms with Crippen molar-refractivity contribution in [3.63, 3.8) is 0 Å². The van der Waals surface area contributed by atoms with Gasteiger partial charge in [-0.05, 0) is 48.5 Å². The predicted molar refractivity (Wildman–Crippen MR) is 111 cm³/mol. The van der Waals surface area contributed by atoms with E-state index in [-0.39, 0.29) is 0 Å². The lowest BCUT2D eigenvalue weighted by Crippen LogP contribution is -1.99. The molecule has 0 aliphatic carbocycles. The minimum Gasteiger partial charge on any atom is -0.486 e. The molecule has 2 heterocycles. The highest BCUT2D eigenvalue weighted by Crippen LogP contribution is 2.31. The van der Waals surface area contributed by atoms with E-state index in [1.807, 2.05) is 48.5 Å². The Bertz CT molecular complexity index is 1170. The molecule has 0 radical (unpaired) electrons. The number of terminal acetylenes is 1. The average Bonchev–Trinajstić information content (AvgIpc) is 2.74. The number of nitrogens with one attached hydrogen (secondary N) is 1. The molecule has 0 fully saturated rings. The second kappa shape index (κ2) is 7.95. The number of halogens is 1. The van der Waals surface area contributed by atoms with Crippen molar-refractivity contribution in [2.75, 3.05) is 5.32 Å². The molecule has 136 valence electrons. The molecule has 0 aliphatic heterocycles. The molecule has 0 spiro atoms. The van der Waals surface area contributed by atoms with Crippen LogP contribution in [0, 0.1) is 12.3 Å². The standard InChI is InChI=1S/C22H15ClN4O/c1-2-15-6-8-20-18(11-15)22(26-14-25-20)27-16-7-9-21(19(23)12-16)28-13-17-5-3-4-10-24-17/h1,3-12,14H,13H2,(H,25,26,27). The van der Waals surface area contributed by atoms with Crippen LogP contribution in [0.15, 0.2) is 67.1 Å². The van der Waals surface area contributed by atoms with Crippen molar-refractivity contribution in [3.8, 4) is 18.1 Å². The van der Waals surface area contributed by atoms with E-state index >= 15 is 0 Å². The molecule has 0 aliphatic rings. The molecular formula is C22H15ClN4O. The largest absolute Gasteiger partial charge is 0.486 e. The van der Waals surface area contributed by atoms with E-state index in [1.54, 1.807) is 12.3 Å². The quantitative estimate of drug-likeness (QED) is 0.490. The van der Waals surface area contributed by atoms with Gasteiger partial charge in [0.2, 0.25) is 0 Å². The van der Waals surface area contributed by atoms with Gasteiger partial charge in [0.05, 0.1) is 16.2 Å². The first-order valence-corrected chi connectivity index (χ1v) is 8.91. The van der Waals surface area contributed by atoms with Crippen molar-refractivity contribution in [2.45, 2.75) is 6.61 Å². The SMILES string of the molecule is C#Cc1ccc2ncnc(Nc3ccc(OCc4ccccn4)c(Cl)c3)c2c1.